The van der Waals surface area contributed by atoms with Gasteiger partial charge in [-0.25, -0.2) is 0 Å². The molecule has 0 aliphatic rings. The number of nitrogens with zero attached hydrogens (tertiary/aromatic N) is 3. The number of ether oxygens (including phenoxy) is 1. The molecule has 0 amide bonds. The average molecular weight is 315 g/mol. The van der Waals surface area contributed by atoms with Crippen LogP contribution in [0.2, 0.25) is 0 Å². The zero-order valence-electron chi connectivity index (χ0n) is 13.2. The summed E-state index contributed by atoms with van der Waals surface area (Å²) >= 11 is 0. The Hall–Kier alpha value is -3.32. The summed E-state index contributed by atoms with van der Waals surface area (Å²) in [6.45, 7) is 4.54. The molecule has 0 N–H and O–H groups in total. The minimum atomic E-state index is 0.224. The molecule has 0 fully saturated rings. The van der Waals surface area contributed by atoms with Gasteiger partial charge in [0.15, 0.2) is 0 Å². The molecule has 1 heterocycles. The highest BCUT2D eigenvalue weighted by Gasteiger charge is 2.10. The number of benzene rings is 2. The van der Waals surface area contributed by atoms with Crippen LogP contribution in [0.1, 0.15) is 11.1 Å². The molecule has 0 aliphatic carbocycles. The standard InChI is InChI=1S/C20H17N3O/c1-2-16-8-9-20(24-15-17-6-4-3-5-7-17)19(12-16)18-13-22-23(14-18)11-10-21/h2-9,12-14H,1,11,15H2. The average Bonchev–Trinajstić information content (AvgIpc) is 3.09. The van der Waals surface area contributed by atoms with E-state index in [0.717, 1.165) is 28.0 Å². The smallest absolute Gasteiger partial charge is 0.128 e. The predicted molar refractivity (Wildman–Crippen MR) is 94.1 cm³/mol. The molecule has 0 unspecified atom stereocenters. The first-order chi connectivity index (χ1) is 11.8. The van der Waals surface area contributed by atoms with E-state index in [1.54, 1.807) is 17.0 Å². The second-order valence-corrected chi connectivity index (χ2v) is 5.32. The quantitative estimate of drug-likeness (QED) is 0.681. The molecule has 118 valence electrons. The van der Waals surface area contributed by atoms with Crippen molar-refractivity contribution in [2.24, 2.45) is 0 Å². The third-order valence-electron chi connectivity index (χ3n) is 3.65. The van der Waals surface area contributed by atoms with Gasteiger partial charge in [0.2, 0.25) is 0 Å². The maximum atomic E-state index is 8.80. The summed E-state index contributed by atoms with van der Waals surface area (Å²) in [6.07, 6.45) is 5.39. The van der Waals surface area contributed by atoms with Crippen molar-refractivity contribution in [3.63, 3.8) is 0 Å². The second kappa shape index (κ2) is 7.30. The third-order valence-corrected chi connectivity index (χ3v) is 3.65. The van der Waals surface area contributed by atoms with Gasteiger partial charge in [0.05, 0.1) is 12.3 Å². The van der Waals surface area contributed by atoms with Crippen LogP contribution < -0.4 is 4.74 Å². The van der Waals surface area contributed by atoms with Crippen molar-refractivity contribution in [2.75, 3.05) is 0 Å². The minimum absolute atomic E-state index is 0.224. The molecule has 0 radical (unpaired) electrons. The number of hydrogen-bond acceptors (Lipinski definition) is 3. The maximum absolute atomic E-state index is 8.80. The molecule has 0 spiro atoms. The summed E-state index contributed by atoms with van der Waals surface area (Å²) in [5, 5.41) is 13.0. The molecule has 1 aromatic heterocycles. The topological polar surface area (TPSA) is 50.8 Å². The summed E-state index contributed by atoms with van der Waals surface area (Å²) < 4.78 is 7.62. The van der Waals surface area contributed by atoms with Crippen LogP contribution in [0.4, 0.5) is 0 Å². The third kappa shape index (κ3) is 3.53. The van der Waals surface area contributed by atoms with E-state index in [-0.39, 0.29) is 6.54 Å². The van der Waals surface area contributed by atoms with E-state index >= 15 is 0 Å². The zero-order valence-corrected chi connectivity index (χ0v) is 13.2. The lowest BCUT2D eigenvalue weighted by atomic mass is 10.0. The molecule has 0 saturated heterocycles. The van der Waals surface area contributed by atoms with Crippen LogP contribution in [-0.4, -0.2) is 9.78 Å². The number of aromatic nitrogens is 2. The Kier molecular flexibility index (Phi) is 4.73. The van der Waals surface area contributed by atoms with Crippen LogP contribution in [0.3, 0.4) is 0 Å². The minimum Gasteiger partial charge on any atom is -0.488 e. The van der Waals surface area contributed by atoms with Crippen LogP contribution in [0.5, 0.6) is 5.75 Å². The van der Waals surface area contributed by atoms with E-state index < -0.39 is 0 Å². The number of nitriles is 1. The van der Waals surface area contributed by atoms with Gasteiger partial charge in [-0.15, -0.1) is 0 Å². The van der Waals surface area contributed by atoms with E-state index in [9.17, 15) is 0 Å². The Morgan fingerprint density at radius 1 is 1.21 bits per heavy atom. The van der Waals surface area contributed by atoms with Crippen LogP contribution in [-0.2, 0) is 13.2 Å². The summed E-state index contributed by atoms with van der Waals surface area (Å²) in [5.41, 5.74) is 3.96. The van der Waals surface area contributed by atoms with Crippen LogP contribution >= 0.6 is 0 Å². The first-order valence-corrected chi connectivity index (χ1v) is 7.63. The van der Waals surface area contributed by atoms with Crippen molar-refractivity contribution >= 4 is 6.08 Å². The largest absolute Gasteiger partial charge is 0.488 e. The fourth-order valence-electron chi connectivity index (χ4n) is 2.42. The Morgan fingerprint density at radius 3 is 2.79 bits per heavy atom. The van der Waals surface area contributed by atoms with E-state index in [4.69, 9.17) is 10.00 Å². The van der Waals surface area contributed by atoms with Gasteiger partial charge >= 0.3 is 0 Å². The van der Waals surface area contributed by atoms with Crippen LogP contribution in [0.25, 0.3) is 17.2 Å². The van der Waals surface area contributed by atoms with Crippen molar-refractivity contribution in [3.8, 4) is 22.9 Å². The van der Waals surface area contributed by atoms with E-state index in [0.29, 0.717) is 6.61 Å². The van der Waals surface area contributed by atoms with Crippen molar-refractivity contribution in [1.82, 2.24) is 9.78 Å². The number of hydrogen-bond donors (Lipinski definition) is 0. The van der Waals surface area contributed by atoms with Gasteiger partial charge in [-0.1, -0.05) is 49.1 Å². The SMILES string of the molecule is C=Cc1ccc(OCc2ccccc2)c(-c2cnn(CC#N)c2)c1. The molecule has 4 heteroatoms. The van der Waals surface area contributed by atoms with Crippen LogP contribution in [0.15, 0.2) is 67.5 Å². The van der Waals surface area contributed by atoms with Crippen molar-refractivity contribution in [2.45, 2.75) is 13.2 Å². The van der Waals surface area contributed by atoms with E-state index in [1.807, 2.05) is 54.7 Å². The summed E-state index contributed by atoms with van der Waals surface area (Å²) in [4.78, 5) is 0. The summed E-state index contributed by atoms with van der Waals surface area (Å²) in [5.74, 6) is 0.779. The van der Waals surface area contributed by atoms with Gasteiger partial charge in [0, 0.05) is 17.3 Å². The molecule has 3 rings (SSSR count). The highest BCUT2D eigenvalue weighted by molar-refractivity contribution is 5.72. The molecule has 0 bridgehead atoms. The van der Waals surface area contributed by atoms with Gasteiger partial charge in [-0.05, 0) is 23.3 Å². The van der Waals surface area contributed by atoms with Crippen molar-refractivity contribution in [3.05, 3.63) is 78.6 Å². The molecular formula is C20H17N3O. The molecule has 3 aromatic rings. The fraction of sp³-hybridized carbons (Fsp3) is 0.100. The normalized spacial score (nSPS) is 10.1. The first-order valence-electron chi connectivity index (χ1n) is 7.63. The Labute approximate surface area is 141 Å². The van der Waals surface area contributed by atoms with E-state index in [2.05, 4.69) is 17.7 Å². The Bertz CT molecular complexity index is 875. The monoisotopic (exact) mass is 315 g/mol. The summed E-state index contributed by atoms with van der Waals surface area (Å²) in [6, 6.07) is 18.0. The molecule has 24 heavy (non-hydrogen) atoms. The van der Waals surface area contributed by atoms with Gasteiger partial charge in [0.25, 0.3) is 0 Å². The molecular weight excluding hydrogens is 298 g/mol. The van der Waals surface area contributed by atoms with Crippen molar-refractivity contribution in [1.29, 1.82) is 5.26 Å². The van der Waals surface area contributed by atoms with Gasteiger partial charge in [-0.3, -0.25) is 4.68 Å². The second-order valence-electron chi connectivity index (χ2n) is 5.32. The van der Waals surface area contributed by atoms with Gasteiger partial charge < -0.3 is 4.74 Å². The highest BCUT2D eigenvalue weighted by atomic mass is 16.5. The Balaban J connectivity index is 1.90. The first kappa shape index (κ1) is 15.6. The van der Waals surface area contributed by atoms with Crippen LogP contribution in [0, 0.1) is 11.3 Å². The van der Waals surface area contributed by atoms with Crippen molar-refractivity contribution < 1.29 is 4.74 Å². The Morgan fingerprint density at radius 2 is 2.04 bits per heavy atom. The molecule has 0 saturated carbocycles. The fourth-order valence-corrected chi connectivity index (χ4v) is 2.42. The predicted octanol–water partition coefficient (Wildman–Crippen LogP) is 4.30. The number of rotatable bonds is 6. The molecule has 4 nitrogen and oxygen atoms in total. The van der Waals surface area contributed by atoms with E-state index in [1.165, 1.54) is 0 Å². The lowest BCUT2D eigenvalue weighted by molar-refractivity contribution is 0.307. The maximum Gasteiger partial charge on any atom is 0.128 e. The highest BCUT2D eigenvalue weighted by Crippen LogP contribution is 2.31. The molecule has 2 aromatic carbocycles. The lowest BCUT2D eigenvalue weighted by Gasteiger charge is -2.11. The zero-order chi connectivity index (χ0) is 16.8. The van der Waals surface area contributed by atoms with Gasteiger partial charge in [0.1, 0.15) is 18.9 Å². The molecule has 0 aliphatic heterocycles. The molecule has 0 atom stereocenters. The van der Waals surface area contributed by atoms with Gasteiger partial charge in [-0.2, -0.15) is 10.4 Å². The summed E-state index contributed by atoms with van der Waals surface area (Å²) in [7, 11) is 0. The lowest BCUT2D eigenvalue weighted by Crippen LogP contribution is -1.97.